The molecular formula is C19H14F2N2O2. The van der Waals surface area contributed by atoms with E-state index in [1.54, 1.807) is 12.1 Å². The van der Waals surface area contributed by atoms with Gasteiger partial charge in [0, 0.05) is 18.9 Å². The van der Waals surface area contributed by atoms with E-state index in [0.717, 1.165) is 0 Å². The summed E-state index contributed by atoms with van der Waals surface area (Å²) in [6, 6.07) is 11.7. The van der Waals surface area contributed by atoms with Crippen molar-refractivity contribution in [2.45, 2.75) is 12.3 Å². The Morgan fingerprint density at radius 3 is 2.64 bits per heavy atom. The number of Topliss-reactive ketones (excluding diaryl/α,β-unsaturated/α-hetero) is 1. The fraction of sp³-hybridized carbons (Fsp3) is 0.211. The summed E-state index contributed by atoms with van der Waals surface area (Å²) in [5.41, 5.74) is 0.578. The molecule has 1 heterocycles. The Morgan fingerprint density at radius 1 is 1.20 bits per heavy atom. The summed E-state index contributed by atoms with van der Waals surface area (Å²) in [5, 5.41) is 11.4. The largest absolute Gasteiger partial charge is 0.355 e. The standard InChI is InChI=1S/C19H14F2N2O2/c20-15-4-2-1-3-12(15)8-17(24)18-14(10-23-19(18)25)11-5-6-13(9-22)16(21)7-11/h1-7,14,18H,8,10H2,(H,23,25)/t14-,18+/m1/s1. The lowest BCUT2D eigenvalue weighted by Crippen LogP contribution is -2.28. The molecule has 0 aliphatic carbocycles. The molecule has 3 rings (SSSR count). The maximum atomic E-state index is 13.9. The SMILES string of the molecule is N#Cc1ccc([C@H]2CNC(=O)[C@@H]2C(=O)Cc2ccccc2F)cc1F. The minimum Gasteiger partial charge on any atom is -0.355 e. The minimum atomic E-state index is -1.01. The van der Waals surface area contributed by atoms with Crippen LogP contribution < -0.4 is 5.32 Å². The van der Waals surface area contributed by atoms with Crippen LogP contribution in [0.3, 0.4) is 0 Å². The molecule has 0 saturated carbocycles. The van der Waals surface area contributed by atoms with Gasteiger partial charge in [0.1, 0.15) is 29.4 Å². The van der Waals surface area contributed by atoms with Crippen LogP contribution in [0.1, 0.15) is 22.6 Å². The number of nitrogens with one attached hydrogen (secondary N) is 1. The van der Waals surface area contributed by atoms with Crippen LogP contribution in [0.5, 0.6) is 0 Å². The molecule has 1 amide bonds. The Morgan fingerprint density at radius 2 is 1.96 bits per heavy atom. The molecule has 1 saturated heterocycles. The molecule has 1 fully saturated rings. The van der Waals surface area contributed by atoms with E-state index in [4.69, 9.17) is 5.26 Å². The van der Waals surface area contributed by atoms with Gasteiger partial charge in [-0.3, -0.25) is 9.59 Å². The molecule has 0 bridgehead atoms. The summed E-state index contributed by atoms with van der Waals surface area (Å²) >= 11 is 0. The number of rotatable bonds is 4. The van der Waals surface area contributed by atoms with Crippen molar-refractivity contribution >= 4 is 11.7 Å². The normalized spacial score (nSPS) is 19.3. The highest BCUT2D eigenvalue weighted by Crippen LogP contribution is 2.31. The van der Waals surface area contributed by atoms with Crippen molar-refractivity contribution in [1.82, 2.24) is 5.32 Å². The predicted molar refractivity (Wildman–Crippen MR) is 85.5 cm³/mol. The van der Waals surface area contributed by atoms with Crippen molar-refractivity contribution in [2.24, 2.45) is 5.92 Å². The summed E-state index contributed by atoms with van der Waals surface area (Å²) in [7, 11) is 0. The van der Waals surface area contributed by atoms with Gasteiger partial charge in [-0.2, -0.15) is 5.26 Å². The molecule has 0 spiro atoms. The summed E-state index contributed by atoms with van der Waals surface area (Å²) in [6.07, 6.45) is -0.208. The van der Waals surface area contributed by atoms with Crippen LogP contribution in [0, 0.1) is 28.9 Å². The van der Waals surface area contributed by atoms with Crippen molar-refractivity contribution < 1.29 is 18.4 Å². The van der Waals surface area contributed by atoms with E-state index in [0.29, 0.717) is 5.56 Å². The third kappa shape index (κ3) is 3.26. The van der Waals surface area contributed by atoms with Crippen molar-refractivity contribution in [3.63, 3.8) is 0 Å². The van der Waals surface area contributed by atoms with Crippen LogP contribution in [0.4, 0.5) is 8.78 Å². The number of amides is 1. The number of nitriles is 1. The van der Waals surface area contributed by atoms with Gasteiger partial charge in [0.2, 0.25) is 5.91 Å². The molecule has 0 aromatic heterocycles. The molecule has 6 heteroatoms. The highest BCUT2D eigenvalue weighted by molar-refractivity contribution is 6.04. The average Bonchev–Trinajstić information content (AvgIpc) is 2.98. The Kier molecular flexibility index (Phi) is 4.57. The van der Waals surface area contributed by atoms with E-state index in [-0.39, 0.29) is 24.1 Å². The van der Waals surface area contributed by atoms with E-state index in [1.807, 2.05) is 0 Å². The number of hydrogen-bond donors (Lipinski definition) is 1. The third-order valence-electron chi connectivity index (χ3n) is 4.39. The van der Waals surface area contributed by atoms with E-state index in [9.17, 15) is 18.4 Å². The summed E-state index contributed by atoms with van der Waals surface area (Å²) in [4.78, 5) is 24.7. The Balaban J connectivity index is 1.87. The molecule has 2 aromatic carbocycles. The number of carbonyl (C=O) groups excluding carboxylic acids is 2. The third-order valence-corrected chi connectivity index (χ3v) is 4.39. The molecule has 2 aromatic rings. The highest BCUT2D eigenvalue weighted by Gasteiger charge is 2.40. The molecule has 25 heavy (non-hydrogen) atoms. The second-order valence-corrected chi connectivity index (χ2v) is 5.91. The molecule has 1 N–H and O–H groups in total. The number of benzene rings is 2. The summed E-state index contributed by atoms with van der Waals surface area (Å²) < 4.78 is 27.6. The van der Waals surface area contributed by atoms with Crippen molar-refractivity contribution in [3.05, 3.63) is 70.8 Å². The van der Waals surface area contributed by atoms with Crippen LogP contribution in [0.15, 0.2) is 42.5 Å². The zero-order chi connectivity index (χ0) is 18.0. The van der Waals surface area contributed by atoms with Gasteiger partial charge >= 0.3 is 0 Å². The first-order valence-corrected chi connectivity index (χ1v) is 7.74. The van der Waals surface area contributed by atoms with E-state index >= 15 is 0 Å². The second kappa shape index (κ2) is 6.81. The number of carbonyl (C=O) groups is 2. The van der Waals surface area contributed by atoms with Gasteiger partial charge in [0.25, 0.3) is 0 Å². The summed E-state index contributed by atoms with van der Waals surface area (Å²) in [5.74, 6) is -3.62. The quantitative estimate of drug-likeness (QED) is 0.870. The van der Waals surface area contributed by atoms with Gasteiger partial charge in [0.15, 0.2) is 0 Å². The lowest BCUT2D eigenvalue weighted by Gasteiger charge is -2.16. The monoisotopic (exact) mass is 340 g/mol. The molecule has 1 aliphatic rings. The maximum Gasteiger partial charge on any atom is 0.231 e. The van der Waals surface area contributed by atoms with Gasteiger partial charge in [-0.1, -0.05) is 24.3 Å². The summed E-state index contributed by atoms with van der Waals surface area (Å²) in [6.45, 7) is 0.192. The van der Waals surface area contributed by atoms with Gasteiger partial charge < -0.3 is 5.32 Å². The van der Waals surface area contributed by atoms with E-state index < -0.39 is 35.2 Å². The lowest BCUT2D eigenvalue weighted by molar-refractivity contribution is -0.131. The van der Waals surface area contributed by atoms with Gasteiger partial charge in [-0.15, -0.1) is 0 Å². The van der Waals surface area contributed by atoms with Gasteiger partial charge in [-0.05, 0) is 29.3 Å². The van der Waals surface area contributed by atoms with E-state index in [1.165, 1.54) is 36.4 Å². The Hall–Kier alpha value is -3.07. The van der Waals surface area contributed by atoms with Gasteiger partial charge in [0.05, 0.1) is 5.56 Å². The highest BCUT2D eigenvalue weighted by atomic mass is 19.1. The van der Waals surface area contributed by atoms with Crippen LogP contribution in [0.2, 0.25) is 0 Å². The number of hydrogen-bond acceptors (Lipinski definition) is 3. The molecular weight excluding hydrogens is 326 g/mol. The van der Waals surface area contributed by atoms with E-state index in [2.05, 4.69) is 5.32 Å². The first kappa shape index (κ1) is 16.8. The molecule has 0 radical (unpaired) electrons. The number of ketones is 1. The Labute approximate surface area is 143 Å². The zero-order valence-electron chi connectivity index (χ0n) is 13.1. The molecule has 0 unspecified atom stereocenters. The fourth-order valence-electron chi connectivity index (χ4n) is 3.09. The van der Waals surface area contributed by atoms with Crippen LogP contribution in [0.25, 0.3) is 0 Å². The Bertz CT molecular complexity index is 889. The topological polar surface area (TPSA) is 70.0 Å². The lowest BCUT2D eigenvalue weighted by atomic mass is 9.83. The molecule has 1 aliphatic heterocycles. The molecule has 4 nitrogen and oxygen atoms in total. The smallest absolute Gasteiger partial charge is 0.231 e. The molecule has 2 atom stereocenters. The van der Waals surface area contributed by atoms with Crippen molar-refractivity contribution in [1.29, 1.82) is 5.26 Å². The van der Waals surface area contributed by atoms with Crippen molar-refractivity contribution in [3.8, 4) is 6.07 Å². The first-order chi connectivity index (χ1) is 12.0. The molecule has 126 valence electrons. The van der Waals surface area contributed by atoms with Crippen LogP contribution >= 0.6 is 0 Å². The van der Waals surface area contributed by atoms with Crippen molar-refractivity contribution in [2.75, 3.05) is 6.54 Å². The first-order valence-electron chi connectivity index (χ1n) is 7.74. The van der Waals surface area contributed by atoms with Crippen LogP contribution in [-0.2, 0) is 16.0 Å². The number of halogens is 2. The fourth-order valence-corrected chi connectivity index (χ4v) is 3.09. The zero-order valence-corrected chi connectivity index (χ0v) is 13.1. The second-order valence-electron chi connectivity index (χ2n) is 5.91. The predicted octanol–water partition coefficient (Wildman–Crippen LogP) is 2.48. The van der Waals surface area contributed by atoms with Crippen LogP contribution in [-0.4, -0.2) is 18.2 Å². The average molecular weight is 340 g/mol. The maximum absolute atomic E-state index is 13.9. The van der Waals surface area contributed by atoms with Gasteiger partial charge in [-0.25, -0.2) is 8.78 Å². The minimum absolute atomic E-state index is 0.102. The number of nitrogens with zero attached hydrogens (tertiary/aromatic N) is 1.